The third kappa shape index (κ3) is 5.17. The van der Waals surface area contributed by atoms with Crippen molar-refractivity contribution in [3.63, 3.8) is 0 Å². The molecule has 7 heteroatoms. The van der Waals surface area contributed by atoms with Crippen molar-refractivity contribution in [2.75, 3.05) is 53.6 Å². The number of carbonyl (C=O) groups excluding carboxylic acids is 1. The molecular formula is C24H33N3O4. The molecule has 7 nitrogen and oxygen atoms in total. The van der Waals surface area contributed by atoms with Crippen molar-refractivity contribution < 1.29 is 14.3 Å². The standard InChI is InChI=1S/C24H33N3O4/c1-24(2,3)20-15-18(17-7-6-8-25-22(17)28)19(16-21(20)31-5)23(29)27-11-9-26(10-12-27)13-14-30-4/h6-8,15-16H,9-14H2,1-5H3,(H,25,28). The summed E-state index contributed by atoms with van der Waals surface area (Å²) in [5.41, 5.74) is 2.14. The summed E-state index contributed by atoms with van der Waals surface area (Å²) in [5.74, 6) is 0.578. The van der Waals surface area contributed by atoms with Crippen LogP contribution in [0.2, 0.25) is 0 Å². The van der Waals surface area contributed by atoms with Gasteiger partial charge in [0.05, 0.1) is 19.3 Å². The first-order valence-corrected chi connectivity index (χ1v) is 10.7. The second kappa shape index (κ2) is 9.66. The molecule has 1 amide bonds. The molecule has 2 heterocycles. The minimum absolute atomic E-state index is 0.0802. The maximum absolute atomic E-state index is 13.6. The Morgan fingerprint density at radius 3 is 2.39 bits per heavy atom. The van der Waals surface area contributed by atoms with Crippen molar-refractivity contribution in [2.45, 2.75) is 26.2 Å². The third-order valence-electron chi connectivity index (χ3n) is 5.76. The van der Waals surface area contributed by atoms with Gasteiger partial charge in [-0.2, -0.15) is 0 Å². The number of nitrogens with zero attached hydrogens (tertiary/aromatic N) is 2. The van der Waals surface area contributed by atoms with E-state index in [2.05, 4.69) is 30.7 Å². The molecule has 1 N–H and O–H groups in total. The summed E-state index contributed by atoms with van der Waals surface area (Å²) in [6.45, 7) is 10.7. The lowest BCUT2D eigenvalue weighted by Gasteiger charge is -2.35. The first kappa shape index (κ1) is 23.0. The summed E-state index contributed by atoms with van der Waals surface area (Å²) in [7, 11) is 3.31. The average molecular weight is 428 g/mol. The van der Waals surface area contributed by atoms with Crippen LogP contribution in [0, 0.1) is 0 Å². The lowest BCUT2D eigenvalue weighted by Crippen LogP contribution is -2.49. The van der Waals surface area contributed by atoms with Crippen LogP contribution < -0.4 is 10.3 Å². The van der Waals surface area contributed by atoms with E-state index in [1.54, 1.807) is 38.6 Å². The van der Waals surface area contributed by atoms with Gasteiger partial charge in [0.25, 0.3) is 11.5 Å². The van der Waals surface area contributed by atoms with Crippen molar-refractivity contribution in [3.8, 4) is 16.9 Å². The number of carbonyl (C=O) groups is 1. The van der Waals surface area contributed by atoms with Crippen molar-refractivity contribution in [1.29, 1.82) is 0 Å². The first-order valence-electron chi connectivity index (χ1n) is 10.7. The second-order valence-corrected chi connectivity index (χ2v) is 8.89. The molecule has 31 heavy (non-hydrogen) atoms. The molecule has 0 saturated carbocycles. The smallest absolute Gasteiger partial charge is 0.255 e. The van der Waals surface area contributed by atoms with Crippen LogP contribution in [0.5, 0.6) is 5.75 Å². The first-order chi connectivity index (χ1) is 14.8. The summed E-state index contributed by atoms with van der Waals surface area (Å²) in [4.78, 5) is 33.0. The summed E-state index contributed by atoms with van der Waals surface area (Å²) >= 11 is 0. The Labute approximate surface area is 184 Å². The van der Waals surface area contributed by atoms with Gasteiger partial charge in [-0.15, -0.1) is 0 Å². The predicted molar refractivity (Wildman–Crippen MR) is 122 cm³/mol. The van der Waals surface area contributed by atoms with E-state index in [4.69, 9.17) is 9.47 Å². The number of benzene rings is 1. The minimum atomic E-state index is -0.217. The van der Waals surface area contributed by atoms with Gasteiger partial charge >= 0.3 is 0 Å². The van der Waals surface area contributed by atoms with Crippen molar-refractivity contribution in [3.05, 3.63) is 51.9 Å². The highest BCUT2D eigenvalue weighted by Gasteiger charge is 2.28. The Bertz CT molecular complexity index is 970. The molecule has 168 valence electrons. The molecule has 1 aromatic heterocycles. The number of aromatic nitrogens is 1. The van der Waals surface area contributed by atoms with Crippen LogP contribution in [0.4, 0.5) is 0 Å². The van der Waals surface area contributed by atoms with Crippen LogP contribution >= 0.6 is 0 Å². The largest absolute Gasteiger partial charge is 0.496 e. The van der Waals surface area contributed by atoms with Gasteiger partial charge in [0.2, 0.25) is 0 Å². The fourth-order valence-electron chi connectivity index (χ4n) is 3.93. The number of H-pyrrole nitrogens is 1. The molecule has 1 fully saturated rings. The van der Waals surface area contributed by atoms with E-state index < -0.39 is 0 Å². The summed E-state index contributed by atoms with van der Waals surface area (Å²) in [6.07, 6.45) is 1.60. The van der Waals surface area contributed by atoms with Gasteiger partial charge in [-0.05, 0) is 29.7 Å². The van der Waals surface area contributed by atoms with E-state index in [9.17, 15) is 9.59 Å². The van der Waals surface area contributed by atoms with E-state index >= 15 is 0 Å². The Kier molecular flexibility index (Phi) is 7.18. The summed E-state index contributed by atoms with van der Waals surface area (Å²) < 4.78 is 10.8. The Morgan fingerprint density at radius 1 is 1.10 bits per heavy atom. The van der Waals surface area contributed by atoms with E-state index in [1.807, 2.05) is 11.0 Å². The SMILES string of the molecule is COCCN1CCN(C(=O)c2cc(OC)c(C(C)(C)C)cc2-c2ccc[nH]c2=O)CC1. The van der Waals surface area contributed by atoms with Gasteiger partial charge in [0.15, 0.2) is 0 Å². The van der Waals surface area contributed by atoms with Crippen LogP contribution in [-0.4, -0.2) is 74.2 Å². The highest BCUT2D eigenvalue weighted by atomic mass is 16.5. The lowest BCUT2D eigenvalue weighted by molar-refractivity contribution is 0.0594. The lowest BCUT2D eigenvalue weighted by atomic mass is 9.83. The molecular weight excluding hydrogens is 394 g/mol. The van der Waals surface area contributed by atoms with Crippen LogP contribution in [0.3, 0.4) is 0 Å². The molecule has 0 atom stereocenters. The maximum Gasteiger partial charge on any atom is 0.255 e. The number of ether oxygens (including phenoxy) is 2. The average Bonchev–Trinajstić information content (AvgIpc) is 2.76. The van der Waals surface area contributed by atoms with Crippen molar-refractivity contribution >= 4 is 5.91 Å². The van der Waals surface area contributed by atoms with E-state index in [0.29, 0.717) is 42.1 Å². The number of rotatable bonds is 6. The zero-order chi connectivity index (χ0) is 22.6. The molecule has 0 spiro atoms. The van der Waals surface area contributed by atoms with Gasteiger partial charge in [-0.3, -0.25) is 14.5 Å². The molecule has 1 saturated heterocycles. The molecule has 0 unspecified atom stereocenters. The maximum atomic E-state index is 13.6. The third-order valence-corrected chi connectivity index (χ3v) is 5.76. The number of hydrogen-bond donors (Lipinski definition) is 1. The van der Waals surface area contributed by atoms with Crippen molar-refractivity contribution in [1.82, 2.24) is 14.8 Å². The van der Waals surface area contributed by atoms with Gasteiger partial charge < -0.3 is 19.4 Å². The molecule has 3 rings (SSSR count). The highest BCUT2D eigenvalue weighted by Crippen LogP contribution is 2.37. The van der Waals surface area contributed by atoms with E-state index in [0.717, 1.165) is 25.2 Å². The normalized spacial score (nSPS) is 15.2. The zero-order valence-corrected chi connectivity index (χ0v) is 19.2. The van der Waals surface area contributed by atoms with Gasteiger partial charge in [0.1, 0.15) is 5.75 Å². The van der Waals surface area contributed by atoms with Crippen LogP contribution in [0.15, 0.2) is 35.3 Å². The topological polar surface area (TPSA) is 74.9 Å². The molecule has 1 aromatic carbocycles. The van der Waals surface area contributed by atoms with Gasteiger partial charge in [-0.25, -0.2) is 0 Å². The van der Waals surface area contributed by atoms with Gasteiger partial charge in [0, 0.05) is 62.7 Å². The summed E-state index contributed by atoms with van der Waals surface area (Å²) in [6, 6.07) is 7.26. The zero-order valence-electron chi connectivity index (χ0n) is 19.2. The van der Waals surface area contributed by atoms with Crippen LogP contribution in [-0.2, 0) is 10.2 Å². The number of piperazine rings is 1. The Hall–Kier alpha value is -2.64. The summed E-state index contributed by atoms with van der Waals surface area (Å²) in [5, 5.41) is 0. The predicted octanol–water partition coefficient (Wildman–Crippen LogP) is 2.75. The minimum Gasteiger partial charge on any atom is -0.496 e. The Balaban J connectivity index is 2.02. The molecule has 0 bridgehead atoms. The second-order valence-electron chi connectivity index (χ2n) is 8.89. The monoisotopic (exact) mass is 427 g/mol. The highest BCUT2D eigenvalue weighted by molar-refractivity contribution is 6.01. The number of aromatic amines is 1. The Morgan fingerprint density at radius 2 is 1.81 bits per heavy atom. The van der Waals surface area contributed by atoms with Crippen LogP contribution in [0.1, 0.15) is 36.7 Å². The van der Waals surface area contributed by atoms with E-state index in [-0.39, 0.29) is 16.9 Å². The number of nitrogens with one attached hydrogen (secondary N) is 1. The van der Waals surface area contributed by atoms with Crippen molar-refractivity contribution in [2.24, 2.45) is 0 Å². The number of methoxy groups -OCH3 is 2. The van der Waals surface area contributed by atoms with E-state index in [1.165, 1.54) is 0 Å². The molecule has 0 aliphatic carbocycles. The molecule has 1 aliphatic heterocycles. The fraction of sp³-hybridized carbons (Fsp3) is 0.500. The number of pyridine rings is 1. The van der Waals surface area contributed by atoms with Gasteiger partial charge in [-0.1, -0.05) is 20.8 Å². The number of amides is 1. The number of hydrogen-bond acceptors (Lipinski definition) is 5. The molecule has 2 aromatic rings. The quantitative estimate of drug-likeness (QED) is 0.767. The molecule has 0 radical (unpaired) electrons. The fourth-order valence-corrected chi connectivity index (χ4v) is 3.93. The van der Waals surface area contributed by atoms with Crippen LogP contribution in [0.25, 0.3) is 11.1 Å². The molecule has 1 aliphatic rings.